The van der Waals surface area contributed by atoms with Crippen molar-refractivity contribution in [2.24, 2.45) is 23.2 Å². The third-order valence-electron chi connectivity index (χ3n) is 7.49. The van der Waals surface area contributed by atoms with E-state index in [1.54, 1.807) is 11.3 Å². The van der Waals surface area contributed by atoms with E-state index in [1.807, 2.05) is 18.9 Å². The molecule has 0 unspecified atom stereocenters. The van der Waals surface area contributed by atoms with Crippen LogP contribution in [0.3, 0.4) is 0 Å². The van der Waals surface area contributed by atoms with E-state index >= 15 is 0 Å². The smallest absolute Gasteiger partial charge is 0.225 e. The molecule has 1 aliphatic heterocycles. The van der Waals surface area contributed by atoms with Crippen LogP contribution in [0.5, 0.6) is 0 Å². The molecule has 3 aliphatic rings. The SMILES string of the molecule is CNc1nc2c(s1)C[C@]1(C)CC[C@H]([C@H](C)C(=O)N3CCOCC3)[C@H](O)[C@H]1[C@@H]2C. The van der Waals surface area contributed by atoms with Crippen LogP contribution in [0.15, 0.2) is 0 Å². The number of hydrogen-bond donors (Lipinski definition) is 2. The van der Waals surface area contributed by atoms with Crippen LogP contribution < -0.4 is 5.32 Å². The molecule has 2 N–H and O–H groups in total. The van der Waals surface area contributed by atoms with E-state index in [2.05, 4.69) is 19.2 Å². The summed E-state index contributed by atoms with van der Waals surface area (Å²) in [5, 5.41) is 15.6. The zero-order chi connectivity index (χ0) is 20.1. The predicted octanol–water partition coefficient (Wildman–Crippen LogP) is 2.73. The number of aliphatic hydroxyl groups excluding tert-OH is 1. The second kappa shape index (κ2) is 7.58. The van der Waals surface area contributed by atoms with Crippen LogP contribution in [0.1, 0.15) is 50.1 Å². The number of carbonyl (C=O) groups is 1. The van der Waals surface area contributed by atoms with E-state index < -0.39 is 6.10 Å². The van der Waals surface area contributed by atoms with E-state index in [0.29, 0.717) is 26.3 Å². The molecular weight excluding hydrogens is 374 g/mol. The van der Waals surface area contributed by atoms with E-state index in [9.17, 15) is 9.90 Å². The van der Waals surface area contributed by atoms with Gasteiger partial charge in [-0.1, -0.05) is 20.8 Å². The standard InChI is InChI=1S/C21H33N3O3S/c1-12(19(26)24-7-9-27-10-8-24)14-5-6-21(3)11-15-17(23-20(22-4)28-15)13(2)16(21)18(14)25/h12-14,16,18,25H,5-11H2,1-4H3,(H,22,23)/t12-,13-,14+,16+,18-,21-/m0/s1. The van der Waals surface area contributed by atoms with Crippen molar-refractivity contribution in [3.8, 4) is 0 Å². The van der Waals surface area contributed by atoms with Gasteiger partial charge in [0.2, 0.25) is 5.91 Å². The van der Waals surface area contributed by atoms with Gasteiger partial charge in [-0.05, 0) is 36.5 Å². The fraction of sp³-hybridized carbons (Fsp3) is 0.810. The summed E-state index contributed by atoms with van der Waals surface area (Å²) >= 11 is 1.75. The van der Waals surface area contributed by atoms with Crippen LogP contribution in [0, 0.1) is 23.2 Å². The summed E-state index contributed by atoms with van der Waals surface area (Å²) in [6.07, 6.45) is 2.47. The van der Waals surface area contributed by atoms with Gasteiger partial charge >= 0.3 is 0 Å². The van der Waals surface area contributed by atoms with Gasteiger partial charge in [-0.25, -0.2) is 4.98 Å². The lowest BCUT2D eigenvalue weighted by atomic mass is 9.53. The number of nitrogens with one attached hydrogen (secondary N) is 1. The monoisotopic (exact) mass is 407 g/mol. The van der Waals surface area contributed by atoms with Crippen LogP contribution in [0.4, 0.5) is 5.13 Å². The predicted molar refractivity (Wildman–Crippen MR) is 111 cm³/mol. The van der Waals surface area contributed by atoms with Gasteiger partial charge in [0.05, 0.1) is 25.0 Å². The van der Waals surface area contributed by atoms with E-state index in [-0.39, 0.29) is 35.0 Å². The first kappa shape index (κ1) is 20.1. The summed E-state index contributed by atoms with van der Waals surface area (Å²) in [5.74, 6) is 0.377. The maximum atomic E-state index is 13.0. The van der Waals surface area contributed by atoms with Crippen molar-refractivity contribution in [2.75, 3.05) is 38.7 Å². The highest BCUT2D eigenvalue weighted by Crippen LogP contribution is 2.57. The van der Waals surface area contributed by atoms with Gasteiger partial charge in [0.1, 0.15) is 0 Å². The van der Waals surface area contributed by atoms with Crippen molar-refractivity contribution in [1.29, 1.82) is 0 Å². The Bertz CT molecular complexity index is 732. The molecule has 6 nitrogen and oxygen atoms in total. The highest BCUT2D eigenvalue weighted by molar-refractivity contribution is 7.15. The number of ether oxygens (including phenoxy) is 1. The fourth-order valence-corrected chi connectivity index (χ4v) is 7.13. The Hall–Kier alpha value is -1.18. The van der Waals surface area contributed by atoms with Gasteiger partial charge in [-0.3, -0.25) is 4.79 Å². The number of thiazole rings is 1. The highest BCUT2D eigenvalue weighted by Gasteiger charge is 2.54. The van der Waals surface area contributed by atoms with E-state index in [4.69, 9.17) is 9.72 Å². The molecule has 0 spiro atoms. The molecule has 4 rings (SSSR count). The largest absolute Gasteiger partial charge is 0.392 e. The first-order valence-electron chi connectivity index (χ1n) is 10.6. The molecule has 2 heterocycles. The number of nitrogens with zero attached hydrogens (tertiary/aromatic N) is 2. The third kappa shape index (κ3) is 3.25. The summed E-state index contributed by atoms with van der Waals surface area (Å²) in [7, 11) is 1.91. The average Bonchev–Trinajstić information content (AvgIpc) is 3.10. The second-order valence-electron chi connectivity index (χ2n) is 9.14. The number of fused-ring (bicyclic) bond motifs is 2. The molecule has 1 aromatic heterocycles. The maximum Gasteiger partial charge on any atom is 0.225 e. The molecule has 0 aromatic carbocycles. The van der Waals surface area contributed by atoms with Crippen molar-refractivity contribution in [3.63, 3.8) is 0 Å². The Morgan fingerprint density at radius 3 is 2.82 bits per heavy atom. The van der Waals surface area contributed by atoms with Crippen molar-refractivity contribution in [1.82, 2.24) is 9.88 Å². The van der Waals surface area contributed by atoms with Gasteiger partial charge in [0.15, 0.2) is 5.13 Å². The first-order chi connectivity index (χ1) is 13.4. The van der Waals surface area contributed by atoms with Crippen LogP contribution in [-0.2, 0) is 16.0 Å². The highest BCUT2D eigenvalue weighted by atomic mass is 32.1. The Balaban J connectivity index is 1.56. The number of aromatic nitrogens is 1. The lowest BCUT2D eigenvalue weighted by Crippen LogP contribution is -2.54. The van der Waals surface area contributed by atoms with Crippen molar-refractivity contribution in [2.45, 2.75) is 52.1 Å². The number of carbonyl (C=O) groups excluding carboxylic acids is 1. The van der Waals surface area contributed by atoms with E-state index in [0.717, 1.165) is 30.1 Å². The number of amides is 1. The molecule has 2 fully saturated rings. The van der Waals surface area contributed by atoms with Gasteiger partial charge in [-0.2, -0.15) is 0 Å². The summed E-state index contributed by atoms with van der Waals surface area (Å²) in [5.41, 5.74) is 1.21. The number of aliphatic hydroxyl groups is 1. The quantitative estimate of drug-likeness (QED) is 0.806. The van der Waals surface area contributed by atoms with Gasteiger partial charge < -0.3 is 20.1 Å². The number of anilines is 1. The van der Waals surface area contributed by atoms with Gasteiger partial charge in [0, 0.05) is 36.9 Å². The summed E-state index contributed by atoms with van der Waals surface area (Å²) < 4.78 is 5.38. The zero-order valence-corrected chi connectivity index (χ0v) is 18.2. The molecule has 1 aromatic rings. The molecule has 1 saturated heterocycles. The fourth-order valence-electron chi connectivity index (χ4n) is 5.91. The van der Waals surface area contributed by atoms with Crippen LogP contribution >= 0.6 is 11.3 Å². The maximum absolute atomic E-state index is 13.0. The van der Waals surface area contributed by atoms with Crippen LogP contribution in [0.2, 0.25) is 0 Å². The summed E-state index contributed by atoms with van der Waals surface area (Å²) in [4.78, 5) is 21.1. The lowest BCUT2D eigenvalue weighted by Gasteiger charge is -2.53. The van der Waals surface area contributed by atoms with Crippen LogP contribution in [0.25, 0.3) is 0 Å². The zero-order valence-electron chi connectivity index (χ0n) is 17.4. The van der Waals surface area contributed by atoms with E-state index in [1.165, 1.54) is 4.88 Å². The van der Waals surface area contributed by atoms with Crippen molar-refractivity contribution < 1.29 is 14.6 Å². The molecule has 156 valence electrons. The van der Waals surface area contributed by atoms with Gasteiger partial charge in [-0.15, -0.1) is 11.3 Å². The summed E-state index contributed by atoms with van der Waals surface area (Å²) in [6.45, 7) is 9.10. The Morgan fingerprint density at radius 1 is 1.43 bits per heavy atom. The van der Waals surface area contributed by atoms with Crippen LogP contribution in [-0.4, -0.2) is 60.4 Å². The third-order valence-corrected chi connectivity index (χ3v) is 8.58. The Morgan fingerprint density at radius 2 is 2.14 bits per heavy atom. The van der Waals surface area contributed by atoms with Gasteiger partial charge in [0.25, 0.3) is 0 Å². The molecule has 7 heteroatoms. The number of morpholine rings is 1. The number of rotatable bonds is 3. The minimum Gasteiger partial charge on any atom is -0.392 e. The summed E-state index contributed by atoms with van der Waals surface area (Å²) in [6, 6.07) is 0. The average molecular weight is 408 g/mol. The minimum atomic E-state index is -0.471. The molecule has 0 bridgehead atoms. The van der Waals surface area contributed by atoms with Crippen molar-refractivity contribution in [3.05, 3.63) is 10.6 Å². The normalized spacial score (nSPS) is 36.4. The molecule has 28 heavy (non-hydrogen) atoms. The molecule has 2 aliphatic carbocycles. The van der Waals surface area contributed by atoms with Crippen molar-refractivity contribution >= 4 is 22.4 Å². The topological polar surface area (TPSA) is 74.7 Å². The molecule has 6 atom stereocenters. The molecule has 1 amide bonds. The molecule has 0 radical (unpaired) electrons. The lowest BCUT2D eigenvalue weighted by molar-refractivity contribution is -0.148. The Labute approximate surface area is 171 Å². The molecule has 1 saturated carbocycles. The second-order valence-corrected chi connectivity index (χ2v) is 10.2. The molecular formula is C21H33N3O3S. The minimum absolute atomic E-state index is 0.0137. The number of hydrogen-bond acceptors (Lipinski definition) is 6. The Kier molecular flexibility index (Phi) is 5.44. The first-order valence-corrected chi connectivity index (χ1v) is 11.4.